The van der Waals surface area contributed by atoms with E-state index in [4.69, 9.17) is 14.2 Å². The van der Waals surface area contributed by atoms with Gasteiger partial charge in [0.15, 0.2) is 0 Å². The van der Waals surface area contributed by atoms with Crippen LogP contribution < -0.4 is 9.47 Å². The molecule has 0 saturated carbocycles. The van der Waals surface area contributed by atoms with Crippen LogP contribution in [0.2, 0.25) is 0 Å². The number of hydrogen-bond acceptors (Lipinski definition) is 6. The van der Waals surface area contributed by atoms with Gasteiger partial charge in [-0.2, -0.15) is 0 Å². The Kier molecular flexibility index (Phi) is 9.07. The molecule has 8 heteroatoms. The number of carbonyl (C=O) groups excluding carboxylic acids is 2. The second-order valence-electron chi connectivity index (χ2n) is 10.7. The minimum Gasteiger partial charge on any atom is -0.497 e. The summed E-state index contributed by atoms with van der Waals surface area (Å²) in [5, 5.41) is 2.08. The van der Waals surface area contributed by atoms with Crippen LogP contribution in [0.15, 0.2) is 60.0 Å². The predicted octanol–water partition coefficient (Wildman–Crippen LogP) is 5.71. The van der Waals surface area contributed by atoms with Crippen molar-refractivity contribution in [3.05, 3.63) is 81.5 Å². The lowest BCUT2D eigenvalue weighted by molar-refractivity contribution is -0.135. The standard InChI is InChI=1S/C32H38N2O5S/c1-22(2)23-9-11-25(12-10-23)39-21-29-28-14-17-40-30(28)13-15-34(29)31(35)20-33(19-27-8-5-16-38-27)32(36)24-6-4-7-26(18-24)37-3/h4,6-7,9-12,14,17-18,22,27,29H,5,8,13,15-16,19-21H2,1-3H3/t27-,29+/m1/s1. The molecule has 5 rings (SSSR count). The lowest BCUT2D eigenvalue weighted by atomic mass is 10.00. The van der Waals surface area contributed by atoms with E-state index in [1.165, 1.54) is 10.4 Å². The topological polar surface area (TPSA) is 68.3 Å². The summed E-state index contributed by atoms with van der Waals surface area (Å²) in [6.45, 7) is 6.32. The van der Waals surface area contributed by atoms with Gasteiger partial charge in [-0.1, -0.05) is 32.0 Å². The van der Waals surface area contributed by atoms with Crippen molar-refractivity contribution in [3.63, 3.8) is 0 Å². The Labute approximate surface area is 240 Å². The molecular formula is C32H38N2O5S. The van der Waals surface area contributed by atoms with Crippen LogP contribution in [0.1, 0.15) is 65.0 Å². The number of methoxy groups -OCH3 is 1. The third kappa shape index (κ3) is 6.50. The molecule has 1 saturated heterocycles. The largest absolute Gasteiger partial charge is 0.497 e. The van der Waals surface area contributed by atoms with E-state index in [1.807, 2.05) is 17.0 Å². The van der Waals surface area contributed by atoms with E-state index in [2.05, 4.69) is 37.4 Å². The maximum Gasteiger partial charge on any atom is 0.254 e. The lowest BCUT2D eigenvalue weighted by Crippen LogP contribution is -2.49. The third-order valence-electron chi connectivity index (χ3n) is 7.75. The van der Waals surface area contributed by atoms with Crippen molar-refractivity contribution >= 4 is 23.2 Å². The van der Waals surface area contributed by atoms with Gasteiger partial charge in [0.25, 0.3) is 5.91 Å². The molecule has 2 atom stereocenters. The van der Waals surface area contributed by atoms with Gasteiger partial charge in [0.05, 0.1) is 19.3 Å². The Bertz CT molecular complexity index is 1300. The van der Waals surface area contributed by atoms with E-state index in [0.29, 0.717) is 43.5 Å². The molecule has 1 fully saturated rings. The molecule has 2 amide bonds. The van der Waals surface area contributed by atoms with Gasteiger partial charge in [-0.15, -0.1) is 11.3 Å². The zero-order valence-electron chi connectivity index (χ0n) is 23.5. The molecule has 0 bridgehead atoms. The van der Waals surface area contributed by atoms with Crippen molar-refractivity contribution in [1.29, 1.82) is 0 Å². The molecule has 3 heterocycles. The average molecular weight is 563 g/mol. The molecule has 0 spiro atoms. The average Bonchev–Trinajstić information content (AvgIpc) is 3.67. The van der Waals surface area contributed by atoms with Crippen molar-refractivity contribution in [3.8, 4) is 11.5 Å². The Morgan fingerprint density at radius 3 is 2.67 bits per heavy atom. The lowest BCUT2D eigenvalue weighted by Gasteiger charge is -2.37. The first kappa shape index (κ1) is 28.2. The third-order valence-corrected chi connectivity index (χ3v) is 8.74. The van der Waals surface area contributed by atoms with E-state index in [9.17, 15) is 9.59 Å². The highest BCUT2D eigenvalue weighted by Crippen LogP contribution is 2.34. The maximum atomic E-state index is 13.9. The second kappa shape index (κ2) is 12.9. The first-order chi connectivity index (χ1) is 19.4. The van der Waals surface area contributed by atoms with Crippen LogP contribution in [0.5, 0.6) is 11.5 Å². The predicted molar refractivity (Wildman–Crippen MR) is 156 cm³/mol. The Morgan fingerprint density at radius 1 is 1.12 bits per heavy atom. The number of nitrogens with zero attached hydrogens (tertiary/aromatic N) is 2. The van der Waals surface area contributed by atoms with Crippen molar-refractivity contribution in [2.75, 3.05) is 40.0 Å². The molecule has 2 aliphatic rings. The number of ether oxygens (including phenoxy) is 3. The van der Waals surface area contributed by atoms with Crippen LogP contribution in [0.3, 0.4) is 0 Å². The summed E-state index contributed by atoms with van der Waals surface area (Å²) in [6.07, 6.45) is 2.57. The molecule has 40 heavy (non-hydrogen) atoms. The van der Waals surface area contributed by atoms with Crippen LogP contribution in [-0.4, -0.2) is 67.7 Å². The summed E-state index contributed by atoms with van der Waals surface area (Å²) in [7, 11) is 1.58. The molecule has 0 aliphatic carbocycles. The van der Waals surface area contributed by atoms with Gasteiger partial charge in [-0.05, 0) is 78.1 Å². The minimum absolute atomic E-state index is 0.0189. The number of thiophene rings is 1. The molecule has 3 aromatic rings. The van der Waals surface area contributed by atoms with Crippen molar-refractivity contribution in [2.45, 2.75) is 51.2 Å². The molecule has 0 unspecified atom stereocenters. The van der Waals surface area contributed by atoms with Gasteiger partial charge < -0.3 is 24.0 Å². The SMILES string of the molecule is COc1cccc(C(=O)N(CC(=O)N2CCc3sccc3[C@@H]2COc2ccc(C(C)C)cc2)C[C@H]2CCCO2)c1. The molecule has 7 nitrogen and oxygen atoms in total. The highest BCUT2D eigenvalue weighted by atomic mass is 32.1. The van der Waals surface area contributed by atoms with Crippen molar-refractivity contribution < 1.29 is 23.8 Å². The van der Waals surface area contributed by atoms with E-state index in [-0.39, 0.29) is 30.5 Å². The quantitative estimate of drug-likeness (QED) is 0.317. The van der Waals surface area contributed by atoms with Gasteiger partial charge in [-0.25, -0.2) is 0 Å². The fourth-order valence-corrected chi connectivity index (χ4v) is 6.37. The van der Waals surface area contributed by atoms with Crippen LogP contribution in [0, 0.1) is 0 Å². The van der Waals surface area contributed by atoms with Gasteiger partial charge in [0.2, 0.25) is 5.91 Å². The van der Waals surface area contributed by atoms with Gasteiger partial charge in [0.1, 0.15) is 24.7 Å². The summed E-state index contributed by atoms with van der Waals surface area (Å²) < 4.78 is 17.4. The number of carbonyl (C=O) groups is 2. The Morgan fingerprint density at radius 2 is 1.95 bits per heavy atom. The summed E-state index contributed by atoms with van der Waals surface area (Å²) in [5.41, 5.74) is 2.89. The smallest absolute Gasteiger partial charge is 0.254 e. The van der Waals surface area contributed by atoms with E-state index < -0.39 is 0 Å². The van der Waals surface area contributed by atoms with Crippen LogP contribution >= 0.6 is 11.3 Å². The Balaban J connectivity index is 1.34. The molecule has 2 aliphatic heterocycles. The van der Waals surface area contributed by atoms with Gasteiger partial charge >= 0.3 is 0 Å². The monoisotopic (exact) mass is 562 g/mol. The number of amides is 2. The van der Waals surface area contributed by atoms with Crippen LogP contribution in [0.4, 0.5) is 0 Å². The van der Waals surface area contributed by atoms with Gasteiger partial charge in [0, 0.05) is 30.1 Å². The first-order valence-corrected chi connectivity index (χ1v) is 14.9. The first-order valence-electron chi connectivity index (χ1n) is 14.1. The molecule has 0 N–H and O–H groups in total. The summed E-state index contributed by atoms with van der Waals surface area (Å²) >= 11 is 1.72. The highest BCUT2D eigenvalue weighted by molar-refractivity contribution is 7.10. The zero-order valence-corrected chi connectivity index (χ0v) is 24.3. The summed E-state index contributed by atoms with van der Waals surface area (Å²) in [4.78, 5) is 32.4. The number of benzene rings is 2. The second-order valence-corrected chi connectivity index (χ2v) is 11.7. The van der Waals surface area contributed by atoms with Crippen LogP contribution in [-0.2, 0) is 16.0 Å². The molecule has 2 aromatic carbocycles. The normalized spacial score (nSPS) is 18.4. The van der Waals surface area contributed by atoms with E-state index in [0.717, 1.165) is 30.6 Å². The molecule has 212 valence electrons. The number of hydrogen-bond donors (Lipinski definition) is 0. The summed E-state index contributed by atoms with van der Waals surface area (Å²) in [5.74, 6) is 1.55. The van der Waals surface area contributed by atoms with Crippen molar-refractivity contribution in [1.82, 2.24) is 9.80 Å². The van der Waals surface area contributed by atoms with Crippen LogP contribution in [0.25, 0.3) is 0 Å². The Hall–Kier alpha value is -3.36. The zero-order chi connectivity index (χ0) is 28.1. The highest BCUT2D eigenvalue weighted by Gasteiger charge is 2.34. The van der Waals surface area contributed by atoms with E-state index >= 15 is 0 Å². The van der Waals surface area contributed by atoms with Crippen molar-refractivity contribution in [2.24, 2.45) is 0 Å². The maximum absolute atomic E-state index is 13.9. The fraction of sp³-hybridized carbons (Fsp3) is 0.438. The van der Waals surface area contributed by atoms with E-state index in [1.54, 1.807) is 47.6 Å². The fourth-order valence-electron chi connectivity index (χ4n) is 5.44. The molecular weight excluding hydrogens is 524 g/mol. The number of rotatable bonds is 10. The minimum atomic E-state index is -0.219. The summed E-state index contributed by atoms with van der Waals surface area (Å²) in [6, 6.07) is 17.1. The molecule has 1 aromatic heterocycles. The number of fused-ring (bicyclic) bond motifs is 1. The molecule has 0 radical (unpaired) electrons. The van der Waals surface area contributed by atoms with Gasteiger partial charge in [-0.3, -0.25) is 9.59 Å².